The SMILES string of the molecule is c1ccc(N2CCOCC2)c(NC2CCCCCC2)c1. The number of rotatable bonds is 3. The minimum atomic E-state index is 0.652. The molecule has 1 aromatic carbocycles. The molecule has 1 saturated heterocycles. The van der Waals surface area contributed by atoms with Gasteiger partial charge in [-0.3, -0.25) is 0 Å². The molecular formula is C17H26N2O. The number of anilines is 2. The van der Waals surface area contributed by atoms with E-state index in [1.807, 2.05) is 0 Å². The van der Waals surface area contributed by atoms with Crippen LogP contribution >= 0.6 is 0 Å². The molecule has 2 aliphatic rings. The number of hydrogen-bond donors (Lipinski definition) is 1. The van der Waals surface area contributed by atoms with Crippen molar-refractivity contribution in [3.63, 3.8) is 0 Å². The quantitative estimate of drug-likeness (QED) is 0.851. The van der Waals surface area contributed by atoms with Crippen molar-refractivity contribution >= 4 is 11.4 Å². The Labute approximate surface area is 122 Å². The molecule has 3 heteroatoms. The van der Waals surface area contributed by atoms with Crippen molar-refractivity contribution in [1.82, 2.24) is 0 Å². The highest BCUT2D eigenvalue weighted by molar-refractivity contribution is 5.70. The van der Waals surface area contributed by atoms with Gasteiger partial charge in [0.2, 0.25) is 0 Å². The standard InChI is InChI=1S/C17H26N2O/c1-2-4-8-15(7-3-1)18-16-9-5-6-10-17(16)19-11-13-20-14-12-19/h5-6,9-10,15,18H,1-4,7-8,11-14H2. The lowest BCUT2D eigenvalue weighted by atomic mass is 10.1. The van der Waals surface area contributed by atoms with Crippen LogP contribution in [0, 0.1) is 0 Å². The fraction of sp³-hybridized carbons (Fsp3) is 0.647. The molecule has 1 heterocycles. The zero-order valence-electron chi connectivity index (χ0n) is 12.3. The lowest BCUT2D eigenvalue weighted by Gasteiger charge is -2.31. The number of hydrogen-bond acceptors (Lipinski definition) is 3. The monoisotopic (exact) mass is 274 g/mol. The number of nitrogens with one attached hydrogen (secondary N) is 1. The minimum absolute atomic E-state index is 0.652. The fourth-order valence-electron chi connectivity index (χ4n) is 3.32. The van der Waals surface area contributed by atoms with E-state index in [4.69, 9.17) is 4.74 Å². The maximum absolute atomic E-state index is 5.47. The predicted octanol–water partition coefficient (Wildman–Crippen LogP) is 3.66. The Balaban J connectivity index is 1.71. The third-order valence-electron chi connectivity index (χ3n) is 4.47. The largest absolute Gasteiger partial charge is 0.381 e. The van der Waals surface area contributed by atoms with E-state index in [2.05, 4.69) is 34.5 Å². The van der Waals surface area contributed by atoms with E-state index < -0.39 is 0 Å². The summed E-state index contributed by atoms with van der Waals surface area (Å²) in [5.41, 5.74) is 2.65. The van der Waals surface area contributed by atoms with Gasteiger partial charge in [-0.25, -0.2) is 0 Å². The van der Waals surface area contributed by atoms with Crippen molar-refractivity contribution in [1.29, 1.82) is 0 Å². The summed E-state index contributed by atoms with van der Waals surface area (Å²) in [5.74, 6) is 0. The molecule has 0 aromatic heterocycles. The Kier molecular flexibility index (Phi) is 4.80. The molecule has 2 fully saturated rings. The Morgan fingerprint density at radius 1 is 0.950 bits per heavy atom. The average molecular weight is 274 g/mol. The lowest BCUT2D eigenvalue weighted by Crippen LogP contribution is -2.37. The predicted molar refractivity (Wildman–Crippen MR) is 84.6 cm³/mol. The van der Waals surface area contributed by atoms with E-state index in [0.717, 1.165) is 26.3 Å². The molecule has 1 aliphatic carbocycles. The van der Waals surface area contributed by atoms with Gasteiger partial charge in [-0.1, -0.05) is 37.8 Å². The highest BCUT2D eigenvalue weighted by atomic mass is 16.5. The maximum Gasteiger partial charge on any atom is 0.0642 e. The summed E-state index contributed by atoms with van der Waals surface area (Å²) < 4.78 is 5.47. The molecule has 20 heavy (non-hydrogen) atoms. The van der Waals surface area contributed by atoms with Gasteiger partial charge < -0.3 is 15.0 Å². The van der Waals surface area contributed by atoms with Gasteiger partial charge in [-0.2, -0.15) is 0 Å². The number of nitrogens with zero attached hydrogens (tertiary/aromatic N) is 1. The summed E-state index contributed by atoms with van der Waals surface area (Å²) in [6, 6.07) is 9.41. The third-order valence-corrected chi connectivity index (χ3v) is 4.47. The summed E-state index contributed by atoms with van der Waals surface area (Å²) >= 11 is 0. The first kappa shape index (κ1) is 13.7. The highest BCUT2D eigenvalue weighted by Gasteiger charge is 2.17. The van der Waals surface area contributed by atoms with Crippen molar-refractivity contribution < 1.29 is 4.74 Å². The summed E-state index contributed by atoms with van der Waals surface area (Å²) in [6.07, 6.45) is 8.19. The fourth-order valence-corrected chi connectivity index (χ4v) is 3.32. The van der Waals surface area contributed by atoms with Gasteiger partial charge in [0.15, 0.2) is 0 Å². The average Bonchev–Trinajstić information content (AvgIpc) is 2.77. The first-order chi connectivity index (χ1) is 9.93. The molecule has 1 aromatic rings. The smallest absolute Gasteiger partial charge is 0.0642 e. The molecule has 0 amide bonds. The number of para-hydroxylation sites is 2. The summed E-state index contributed by atoms with van der Waals surface area (Å²) in [5, 5.41) is 3.80. The summed E-state index contributed by atoms with van der Waals surface area (Å²) in [7, 11) is 0. The third kappa shape index (κ3) is 3.45. The van der Waals surface area contributed by atoms with Crippen LogP contribution in [0.15, 0.2) is 24.3 Å². The zero-order chi connectivity index (χ0) is 13.6. The van der Waals surface area contributed by atoms with E-state index in [-0.39, 0.29) is 0 Å². The number of ether oxygens (including phenoxy) is 1. The van der Waals surface area contributed by atoms with Crippen LogP contribution in [-0.2, 0) is 4.74 Å². The van der Waals surface area contributed by atoms with Crippen LogP contribution in [0.3, 0.4) is 0 Å². The topological polar surface area (TPSA) is 24.5 Å². The van der Waals surface area contributed by atoms with Gasteiger partial charge in [0.25, 0.3) is 0 Å². The first-order valence-corrected chi connectivity index (χ1v) is 8.12. The highest BCUT2D eigenvalue weighted by Crippen LogP contribution is 2.29. The second kappa shape index (κ2) is 6.98. The normalized spacial score (nSPS) is 21.5. The minimum Gasteiger partial charge on any atom is -0.381 e. The molecule has 110 valence electrons. The van der Waals surface area contributed by atoms with Crippen LogP contribution in [0.5, 0.6) is 0 Å². The van der Waals surface area contributed by atoms with E-state index in [9.17, 15) is 0 Å². The van der Waals surface area contributed by atoms with Crippen LogP contribution in [-0.4, -0.2) is 32.3 Å². The molecule has 0 bridgehead atoms. The van der Waals surface area contributed by atoms with Gasteiger partial charge in [0.1, 0.15) is 0 Å². The molecule has 0 spiro atoms. The van der Waals surface area contributed by atoms with Crippen LogP contribution in [0.25, 0.3) is 0 Å². The first-order valence-electron chi connectivity index (χ1n) is 8.12. The van der Waals surface area contributed by atoms with Crippen LogP contribution in [0.4, 0.5) is 11.4 Å². The van der Waals surface area contributed by atoms with E-state index >= 15 is 0 Å². The summed E-state index contributed by atoms with van der Waals surface area (Å²) in [4.78, 5) is 2.45. The molecule has 0 unspecified atom stereocenters. The number of benzene rings is 1. The molecule has 0 radical (unpaired) electrons. The van der Waals surface area contributed by atoms with Crippen LogP contribution < -0.4 is 10.2 Å². The second-order valence-corrected chi connectivity index (χ2v) is 5.95. The number of morpholine rings is 1. The Hall–Kier alpha value is -1.22. The van der Waals surface area contributed by atoms with Gasteiger partial charge in [-0.05, 0) is 25.0 Å². The van der Waals surface area contributed by atoms with Crippen LogP contribution in [0.1, 0.15) is 38.5 Å². The Bertz CT molecular complexity index is 407. The van der Waals surface area contributed by atoms with Gasteiger partial charge in [0, 0.05) is 19.1 Å². The molecule has 1 saturated carbocycles. The molecule has 1 aliphatic heterocycles. The lowest BCUT2D eigenvalue weighted by molar-refractivity contribution is 0.123. The van der Waals surface area contributed by atoms with Crippen molar-refractivity contribution in [3.8, 4) is 0 Å². The Morgan fingerprint density at radius 2 is 1.65 bits per heavy atom. The van der Waals surface area contributed by atoms with E-state index in [1.54, 1.807) is 0 Å². The second-order valence-electron chi connectivity index (χ2n) is 5.95. The summed E-state index contributed by atoms with van der Waals surface area (Å²) in [6.45, 7) is 3.70. The maximum atomic E-state index is 5.47. The van der Waals surface area contributed by atoms with Gasteiger partial charge in [0.05, 0.1) is 24.6 Å². The van der Waals surface area contributed by atoms with E-state index in [0.29, 0.717) is 6.04 Å². The van der Waals surface area contributed by atoms with Gasteiger partial charge >= 0.3 is 0 Å². The van der Waals surface area contributed by atoms with E-state index in [1.165, 1.54) is 49.9 Å². The molecule has 1 N–H and O–H groups in total. The zero-order valence-corrected chi connectivity index (χ0v) is 12.3. The Morgan fingerprint density at radius 3 is 2.40 bits per heavy atom. The van der Waals surface area contributed by atoms with Crippen LogP contribution in [0.2, 0.25) is 0 Å². The molecule has 0 atom stereocenters. The van der Waals surface area contributed by atoms with Crippen molar-refractivity contribution in [2.75, 3.05) is 36.5 Å². The van der Waals surface area contributed by atoms with Gasteiger partial charge in [-0.15, -0.1) is 0 Å². The molecule has 3 nitrogen and oxygen atoms in total. The van der Waals surface area contributed by atoms with Crippen molar-refractivity contribution in [3.05, 3.63) is 24.3 Å². The molecular weight excluding hydrogens is 248 g/mol. The molecule has 3 rings (SSSR count). The van der Waals surface area contributed by atoms with Crippen molar-refractivity contribution in [2.24, 2.45) is 0 Å². The van der Waals surface area contributed by atoms with Crippen molar-refractivity contribution in [2.45, 2.75) is 44.6 Å².